The Balaban J connectivity index is 2.02. The molecule has 1 saturated heterocycles. The minimum absolute atomic E-state index is 0.728. The van der Waals surface area contributed by atoms with E-state index in [1.807, 2.05) is 0 Å². The van der Waals surface area contributed by atoms with Gasteiger partial charge in [0.1, 0.15) is 0 Å². The maximum Gasteiger partial charge on any atom is 0.0491 e. The lowest BCUT2D eigenvalue weighted by atomic mass is 9.89. The molecular weight excluding hydrogens is 288 g/mol. The van der Waals surface area contributed by atoms with Crippen molar-refractivity contribution in [2.75, 3.05) is 20.1 Å². The first kappa shape index (κ1) is 12.2. The molecule has 3 rings (SSSR count). The first-order chi connectivity index (χ1) is 8.65. The normalized spacial score (nSPS) is 18.6. The first-order valence-corrected chi connectivity index (χ1v) is 7.37. The van der Waals surface area contributed by atoms with E-state index in [2.05, 4.69) is 63.9 Å². The molecule has 96 valence electrons. The van der Waals surface area contributed by atoms with Crippen molar-refractivity contribution < 1.29 is 0 Å². The Bertz CT molecular complexity index is 565. The molecule has 0 radical (unpaired) electrons. The highest BCUT2D eigenvalue weighted by Crippen LogP contribution is 2.34. The lowest BCUT2D eigenvalue weighted by molar-refractivity contribution is 0.256. The maximum atomic E-state index is 3.56. The fraction of sp³-hybridized carbons (Fsp3) is 0.467. The molecule has 0 aliphatic carbocycles. The van der Waals surface area contributed by atoms with E-state index in [1.165, 1.54) is 42.4 Å². The molecule has 2 heterocycles. The van der Waals surface area contributed by atoms with Crippen LogP contribution < -0.4 is 0 Å². The average Bonchev–Trinajstić information content (AvgIpc) is 2.68. The second-order valence-corrected chi connectivity index (χ2v) is 6.35. The standard InChI is InChI=1S/C15H19BrN2/c1-17-7-5-11(6-8-17)14-10-18(2)15-9-12(16)3-4-13(14)15/h3-4,9-11H,5-8H2,1-2H3. The quantitative estimate of drug-likeness (QED) is 0.779. The van der Waals surface area contributed by atoms with Gasteiger partial charge < -0.3 is 9.47 Å². The van der Waals surface area contributed by atoms with Crippen molar-refractivity contribution in [3.05, 3.63) is 34.4 Å². The summed E-state index contributed by atoms with van der Waals surface area (Å²) in [7, 11) is 4.36. The van der Waals surface area contributed by atoms with E-state index in [0.717, 1.165) is 10.4 Å². The lowest BCUT2D eigenvalue weighted by Crippen LogP contribution is -2.29. The number of aryl methyl sites for hydroxylation is 1. The van der Waals surface area contributed by atoms with E-state index in [9.17, 15) is 0 Å². The van der Waals surface area contributed by atoms with Crippen LogP contribution in [-0.2, 0) is 7.05 Å². The van der Waals surface area contributed by atoms with Crippen LogP contribution in [0.4, 0.5) is 0 Å². The molecule has 1 aromatic carbocycles. The number of nitrogens with zero attached hydrogens (tertiary/aromatic N) is 2. The molecule has 0 amide bonds. The van der Waals surface area contributed by atoms with Gasteiger partial charge in [-0.1, -0.05) is 22.0 Å². The molecular formula is C15H19BrN2. The zero-order valence-corrected chi connectivity index (χ0v) is 12.6. The number of hydrogen-bond acceptors (Lipinski definition) is 1. The van der Waals surface area contributed by atoms with Crippen molar-refractivity contribution in [1.29, 1.82) is 0 Å². The molecule has 1 aliphatic rings. The summed E-state index contributed by atoms with van der Waals surface area (Å²) in [6.45, 7) is 2.44. The SMILES string of the molecule is CN1CCC(c2cn(C)c3cc(Br)ccc23)CC1. The number of piperidine rings is 1. The van der Waals surface area contributed by atoms with E-state index in [4.69, 9.17) is 0 Å². The summed E-state index contributed by atoms with van der Waals surface area (Å²) in [5.41, 5.74) is 2.87. The zero-order valence-electron chi connectivity index (χ0n) is 11.0. The van der Waals surface area contributed by atoms with E-state index in [-0.39, 0.29) is 0 Å². The Labute approximate surface area is 117 Å². The van der Waals surface area contributed by atoms with Gasteiger partial charge in [-0.15, -0.1) is 0 Å². The van der Waals surface area contributed by atoms with Crippen LogP contribution in [0.5, 0.6) is 0 Å². The lowest BCUT2D eigenvalue weighted by Gasteiger charge is -2.28. The molecule has 0 unspecified atom stereocenters. The van der Waals surface area contributed by atoms with Crippen LogP contribution in [0.1, 0.15) is 24.3 Å². The number of fused-ring (bicyclic) bond motifs is 1. The van der Waals surface area contributed by atoms with Crippen LogP contribution in [0, 0.1) is 0 Å². The average molecular weight is 307 g/mol. The Kier molecular flexibility index (Phi) is 3.20. The molecule has 0 atom stereocenters. The number of halogens is 1. The summed E-state index contributed by atoms with van der Waals surface area (Å²) in [5, 5.41) is 1.43. The maximum absolute atomic E-state index is 3.56. The topological polar surface area (TPSA) is 8.17 Å². The predicted octanol–water partition coefficient (Wildman–Crippen LogP) is 3.75. The Morgan fingerprint density at radius 2 is 1.89 bits per heavy atom. The molecule has 1 aliphatic heterocycles. The van der Waals surface area contributed by atoms with Crippen molar-refractivity contribution in [2.45, 2.75) is 18.8 Å². The minimum atomic E-state index is 0.728. The third-order valence-electron chi connectivity index (χ3n) is 4.14. The fourth-order valence-electron chi connectivity index (χ4n) is 3.03. The Morgan fingerprint density at radius 3 is 2.61 bits per heavy atom. The van der Waals surface area contributed by atoms with Crippen LogP contribution in [0.3, 0.4) is 0 Å². The van der Waals surface area contributed by atoms with Gasteiger partial charge in [-0.2, -0.15) is 0 Å². The summed E-state index contributed by atoms with van der Waals surface area (Å²) in [6.07, 6.45) is 4.89. The van der Waals surface area contributed by atoms with Crippen molar-refractivity contribution in [3.63, 3.8) is 0 Å². The van der Waals surface area contributed by atoms with Gasteiger partial charge >= 0.3 is 0 Å². The molecule has 2 nitrogen and oxygen atoms in total. The molecule has 18 heavy (non-hydrogen) atoms. The van der Waals surface area contributed by atoms with Crippen LogP contribution in [-0.4, -0.2) is 29.6 Å². The van der Waals surface area contributed by atoms with Crippen LogP contribution in [0.15, 0.2) is 28.9 Å². The molecule has 1 fully saturated rings. The van der Waals surface area contributed by atoms with Crippen molar-refractivity contribution in [2.24, 2.45) is 7.05 Å². The largest absolute Gasteiger partial charge is 0.350 e. The summed E-state index contributed by atoms with van der Waals surface area (Å²) in [4.78, 5) is 2.43. The van der Waals surface area contributed by atoms with E-state index in [0.29, 0.717) is 0 Å². The molecule has 0 spiro atoms. The molecule has 3 heteroatoms. The number of likely N-dealkylation sites (tertiary alicyclic amines) is 1. The van der Waals surface area contributed by atoms with Gasteiger partial charge in [-0.25, -0.2) is 0 Å². The third-order valence-corrected chi connectivity index (χ3v) is 4.64. The highest BCUT2D eigenvalue weighted by atomic mass is 79.9. The first-order valence-electron chi connectivity index (χ1n) is 6.58. The van der Waals surface area contributed by atoms with Gasteiger partial charge in [0.15, 0.2) is 0 Å². The molecule has 0 bridgehead atoms. The minimum Gasteiger partial charge on any atom is -0.350 e. The van der Waals surface area contributed by atoms with E-state index in [1.54, 1.807) is 0 Å². The summed E-state index contributed by atoms with van der Waals surface area (Å²) < 4.78 is 3.42. The second kappa shape index (κ2) is 4.71. The Hall–Kier alpha value is -0.800. The highest BCUT2D eigenvalue weighted by molar-refractivity contribution is 9.10. The number of benzene rings is 1. The molecule has 1 aromatic heterocycles. The van der Waals surface area contributed by atoms with Crippen LogP contribution in [0.25, 0.3) is 10.9 Å². The van der Waals surface area contributed by atoms with Gasteiger partial charge in [0.2, 0.25) is 0 Å². The fourth-order valence-corrected chi connectivity index (χ4v) is 3.38. The number of hydrogen-bond donors (Lipinski definition) is 0. The predicted molar refractivity (Wildman–Crippen MR) is 80.1 cm³/mol. The monoisotopic (exact) mass is 306 g/mol. The molecule has 2 aromatic rings. The molecule has 0 saturated carbocycles. The third kappa shape index (κ3) is 2.10. The van der Waals surface area contributed by atoms with Crippen LogP contribution in [0.2, 0.25) is 0 Å². The Morgan fingerprint density at radius 1 is 1.17 bits per heavy atom. The van der Waals surface area contributed by atoms with Gasteiger partial charge in [0.05, 0.1) is 0 Å². The second-order valence-electron chi connectivity index (χ2n) is 5.43. The van der Waals surface area contributed by atoms with Gasteiger partial charge in [-0.3, -0.25) is 0 Å². The summed E-state index contributed by atoms with van der Waals surface area (Å²) in [5.74, 6) is 0.728. The highest BCUT2D eigenvalue weighted by Gasteiger charge is 2.21. The van der Waals surface area contributed by atoms with Gasteiger partial charge in [0, 0.05) is 28.6 Å². The number of rotatable bonds is 1. The zero-order chi connectivity index (χ0) is 12.7. The summed E-state index contributed by atoms with van der Waals surface area (Å²) in [6, 6.07) is 6.63. The smallest absolute Gasteiger partial charge is 0.0491 e. The van der Waals surface area contributed by atoms with Gasteiger partial charge in [0.25, 0.3) is 0 Å². The summed E-state index contributed by atoms with van der Waals surface area (Å²) >= 11 is 3.56. The van der Waals surface area contributed by atoms with E-state index >= 15 is 0 Å². The molecule has 0 N–H and O–H groups in total. The van der Waals surface area contributed by atoms with Crippen LogP contribution >= 0.6 is 15.9 Å². The van der Waals surface area contributed by atoms with Crippen molar-refractivity contribution >= 4 is 26.8 Å². The number of aromatic nitrogens is 1. The van der Waals surface area contributed by atoms with Crippen molar-refractivity contribution in [1.82, 2.24) is 9.47 Å². The van der Waals surface area contributed by atoms with Crippen molar-refractivity contribution in [3.8, 4) is 0 Å². The van der Waals surface area contributed by atoms with Gasteiger partial charge in [-0.05, 0) is 56.6 Å². The van der Waals surface area contributed by atoms with E-state index < -0.39 is 0 Å².